The van der Waals surface area contributed by atoms with Crippen LogP contribution >= 0.6 is 0 Å². The lowest BCUT2D eigenvalue weighted by Gasteiger charge is -2.04. The number of aryl methyl sites for hydroxylation is 2. The van der Waals surface area contributed by atoms with Gasteiger partial charge in [-0.3, -0.25) is 4.79 Å². The second-order valence-corrected chi connectivity index (χ2v) is 6.42. The zero-order valence-corrected chi connectivity index (χ0v) is 10.6. The molecule has 0 aliphatic rings. The van der Waals surface area contributed by atoms with E-state index in [-0.39, 0.29) is 18.0 Å². The fraction of sp³-hybridized carbons (Fsp3) is 0.417. The summed E-state index contributed by atoms with van der Waals surface area (Å²) in [6.07, 6.45) is 1.27. The lowest BCUT2D eigenvalue weighted by Crippen LogP contribution is -2.16. The van der Waals surface area contributed by atoms with Crippen LogP contribution in [0.15, 0.2) is 18.2 Å². The van der Waals surface area contributed by atoms with Gasteiger partial charge in [0.1, 0.15) is 5.75 Å². The van der Waals surface area contributed by atoms with Crippen LogP contribution in [0.2, 0.25) is 0 Å². The summed E-state index contributed by atoms with van der Waals surface area (Å²) in [4.78, 5) is 11.5. The van der Waals surface area contributed by atoms with E-state index in [9.17, 15) is 13.2 Å². The summed E-state index contributed by atoms with van der Waals surface area (Å²) >= 11 is 0. The quantitative estimate of drug-likeness (QED) is 0.800. The van der Waals surface area contributed by atoms with Crippen LogP contribution in [0.25, 0.3) is 0 Å². The fourth-order valence-electron chi connectivity index (χ4n) is 1.74. The number of carbonyl (C=O) groups excluding carboxylic acids is 1. The van der Waals surface area contributed by atoms with Gasteiger partial charge in [0.2, 0.25) is 0 Å². The average Bonchev–Trinajstić information content (AvgIpc) is 1.96. The third-order valence-corrected chi connectivity index (χ3v) is 2.95. The van der Waals surface area contributed by atoms with E-state index in [0.717, 1.165) is 22.9 Å². The third kappa shape index (κ3) is 4.57. The summed E-state index contributed by atoms with van der Waals surface area (Å²) in [5.74, 6) is -0.632. The highest BCUT2D eigenvalue weighted by atomic mass is 32.2. The molecule has 16 heavy (non-hydrogen) atoms. The Bertz CT molecular complexity index is 481. The van der Waals surface area contributed by atoms with Gasteiger partial charge in [0.25, 0.3) is 0 Å². The lowest BCUT2D eigenvalue weighted by atomic mass is 10.0. The Hall–Kier alpha value is -1.16. The van der Waals surface area contributed by atoms with Crippen molar-refractivity contribution >= 4 is 15.6 Å². The summed E-state index contributed by atoms with van der Waals surface area (Å²) in [6.45, 7) is 3.91. The first-order valence-electron chi connectivity index (χ1n) is 5.03. The topological polar surface area (TPSA) is 51.2 Å². The summed E-state index contributed by atoms with van der Waals surface area (Å²) in [5, 5.41) is 0. The Morgan fingerprint density at radius 1 is 1.12 bits per heavy atom. The Kier molecular flexibility index (Phi) is 3.86. The molecule has 0 radical (unpaired) electrons. The molecule has 0 bridgehead atoms. The van der Waals surface area contributed by atoms with Gasteiger partial charge in [0, 0.05) is 12.7 Å². The molecule has 0 spiro atoms. The Morgan fingerprint density at radius 2 is 1.62 bits per heavy atom. The van der Waals surface area contributed by atoms with Gasteiger partial charge >= 0.3 is 0 Å². The van der Waals surface area contributed by atoms with Crippen LogP contribution in [0, 0.1) is 13.8 Å². The Morgan fingerprint density at radius 3 is 2.06 bits per heavy atom. The summed E-state index contributed by atoms with van der Waals surface area (Å²) in [6, 6.07) is 5.84. The summed E-state index contributed by atoms with van der Waals surface area (Å²) in [5.41, 5.74) is 3.05. The molecule has 0 unspecified atom stereocenters. The van der Waals surface area contributed by atoms with Gasteiger partial charge in [-0.25, -0.2) is 8.42 Å². The van der Waals surface area contributed by atoms with Crippen molar-refractivity contribution in [3.63, 3.8) is 0 Å². The molecule has 0 amide bonds. The van der Waals surface area contributed by atoms with Gasteiger partial charge in [0.15, 0.2) is 15.6 Å². The van der Waals surface area contributed by atoms with Gasteiger partial charge in [-0.15, -0.1) is 0 Å². The Labute approximate surface area is 96.4 Å². The van der Waals surface area contributed by atoms with Crippen LogP contribution in [-0.4, -0.2) is 26.2 Å². The number of carbonyl (C=O) groups is 1. The van der Waals surface area contributed by atoms with E-state index in [1.807, 2.05) is 32.0 Å². The molecule has 0 fully saturated rings. The third-order valence-electron chi connectivity index (χ3n) is 2.11. The molecular weight excluding hydrogens is 224 g/mol. The number of ketones is 1. The highest BCUT2D eigenvalue weighted by Crippen LogP contribution is 2.10. The SMILES string of the molecule is Cc1cc(C)cc(CC(=O)CS(C)(=O)=O)c1. The predicted octanol–water partition coefficient (Wildman–Crippen LogP) is 1.46. The molecule has 0 saturated heterocycles. The van der Waals surface area contributed by atoms with Gasteiger partial charge in [-0.05, 0) is 19.4 Å². The van der Waals surface area contributed by atoms with Crippen molar-refractivity contribution in [2.24, 2.45) is 0 Å². The van der Waals surface area contributed by atoms with Crippen molar-refractivity contribution in [2.45, 2.75) is 20.3 Å². The monoisotopic (exact) mass is 240 g/mol. The second-order valence-electron chi connectivity index (χ2n) is 4.28. The van der Waals surface area contributed by atoms with E-state index in [0.29, 0.717) is 0 Å². The smallest absolute Gasteiger partial charge is 0.154 e. The molecule has 3 nitrogen and oxygen atoms in total. The highest BCUT2D eigenvalue weighted by Gasteiger charge is 2.11. The van der Waals surface area contributed by atoms with E-state index in [1.165, 1.54) is 0 Å². The van der Waals surface area contributed by atoms with Crippen molar-refractivity contribution in [1.29, 1.82) is 0 Å². The van der Waals surface area contributed by atoms with E-state index in [4.69, 9.17) is 0 Å². The predicted molar refractivity (Wildman–Crippen MR) is 64.3 cm³/mol. The van der Waals surface area contributed by atoms with Crippen LogP contribution in [0.1, 0.15) is 16.7 Å². The minimum Gasteiger partial charge on any atom is -0.298 e. The molecule has 88 valence electrons. The minimum absolute atomic E-state index is 0.190. The van der Waals surface area contributed by atoms with Crippen LogP contribution in [0.3, 0.4) is 0 Å². The van der Waals surface area contributed by atoms with Crippen LogP contribution < -0.4 is 0 Å². The molecule has 0 atom stereocenters. The molecule has 0 aliphatic heterocycles. The van der Waals surface area contributed by atoms with Crippen LogP contribution in [-0.2, 0) is 21.1 Å². The van der Waals surface area contributed by atoms with Gasteiger partial charge in [-0.1, -0.05) is 29.3 Å². The van der Waals surface area contributed by atoms with Gasteiger partial charge in [0.05, 0.1) is 0 Å². The maximum atomic E-state index is 11.5. The first-order chi connectivity index (χ1) is 7.26. The maximum Gasteiger partial charge on any atom is 0.154 e. The molecular formula is C12H16O3S. The summed E-state index contributed by atoms with van der Waals surface area (Å²) in [7, 11) is -3.21. The van der Waals surface area contributed by atoms with Crippen LogP contribution in [0.5, 0.6) is 0 Å². The van der Waals surface area contributed by atoms with E-state index >= 15 is 0 Å². The number of hydrogen-bond acceptors (Lipinski definition) is 3. The normalized spacial score (nSPS) is 11.4. The number of sulfone groups is 1. The largest absolute Gasteiger partial charge is 0.298 e. The second kappa shape index (κ2) is 4.78. The van der Waals surface area contributed by atoms with Crippen molar-refractivity contribution in [3.05, 3.63) is 34.9 Å². The fourth-order valence-corrected chi connectivity index (χ4v) is 2.43. The molecule has 1 aromatic carbocycles. The van der Waals surface area contributed by atoms with Crippen molar-refractivity contribution in [3.8, 4) is 0 Å². The van der Waals surface area contributed by atoms with E-state index in [2.05, 4.69) is 0 Å². The average molecular weight is 240 g/mol. The number of rotatable bonds is 4. The molecule has 0 aromatic heterocycles. The zero-order valence-electron chi connectivity index (χ0n) is 9.78. The molecule has 4 heteroatoms. The number of hydrogen-bond donors (Lipinski definition) is 0. The van der Waals surface area contributed by atoms with E-state index < -0.39 is 9.84 Å². The first kappa shape index (κ1) is 12.9. The van der Waals surface area contributed by atoms with Crippen molar-refractivity contribution in [2.75, 3.05) is 12.0 Å². The maximum absolute atomic E-state index is 11.5. The van der Waals surface area contributed by atoms with Crippen LogP contribution in [0.4, 0.5) is 0 Å². The van der Waals surface area contributed by atoms with Gasteiger partial charge < -0.3 is 0 Å². The molecule has 1 rings (SSSR count). The number of benzene rings is 1. The van der Waals surface area contributed by atoms with E-state index in [1.54, 1.807) is 0 Å². The zero-order chi connectivity index (χ0) is 12.3. The standard InChI is InChI=1S/C12H16O3S/c1-9-4-10(2)6-11(5-9)7-12(13)8-16(3,14)15/h4-6H,7-8H2,1-3H3. The molecule has 0 saturated carbocycles. The first-order valence-corrected chi connectivity index (χ1v) is 7.09. The molecule has 0 N–H and O–H groups in total. The molecule has 0 aliphatic carbocycles. The lowest BCUT2D eigenvalue weighted by molar-refractivity contribution is -0.116. The summed E-state index contributed by atoms with van der Waals surface area (Å²) < 4.78 is 21.9. The Balaban J connectivity index is 2.77. The molecule has 1 aromatic rings. The van der Waals surface area contributed by atoms with Crippen molar-refractivity contribution in [1.82, 2.24) is 0 Å². The van der Waals surface area contributed by atoms with Crippen molar-refractivity contribution < 1.29 is 13.2 Å². The highest BCUT2D eigenvalue weighted by molar-refractivity contribution is 7.91. The number of Topliss-reactive ketones (excluding diaryl/α,β-unsaturated/α-hetero) is 1. The minimum atomic E-state index is -3.21. The molecule has 0 heterocycles. The van der Waals surface area contributed by atoms with Gasteiger partial charge in [-0.2, -0.15) is 0 Å².